The predicted molar refractivity (Wildman–Crippen MR) is 143 cm³/mol. The number of ether oxygens (including phenoxy) is 1. The van der Waals surface area contributed by atoms with E-state index >= 15 is 0 Å². The second kappa shape index (κ2) is 10.6. The van der Waals surface area contributed by atoms with E-state index in [-0.39, 0.29) is 18.0 Å². The van der Waals surface area contributed by atoms with Crippen molar-refractivity contribution in [1.82, 2.24) is 24.6 Å². The van der Waals surface area contributed by atoms with Gasteiger partial charge in [-0.05, 0) is 50.5 Å². The van der Waals surface area contributed by atoms with E-state index in [4.69, 9.17) is 12.6 Å². The summed E-state index contributed by atoms with van der Waals surface area (Å²) in [5.41, 5.74) is 2.59. The third kappa shape index (κ3) is 6.66. The van der Waals surface area contributed by atoms with Gasteiger partial charge in [-0.2, -0.15) is 9.61 Å². The number of sulfonamides is 1. The van der Waals surface area contributed by atoms with Gasteiger partial charge in [-0.15, -0.1) is 0 Å². The van der Waals surface area contributed by atoms with Crippen LogP contribution in [0.4, 0.5) is 16.3 Å². The number of hydrogen-bond acceptors (Lipinski definition) is 7. The van der Waals surface area contributed by atoms with Crippen molar-refractivity contribution in [2.45, 2.75) is 31.3 Å². The lowest BCUT2D eigenvalue weighted by atomic mass is 10.0. The summed E-state index contributed by atoms with van der Waals surface area (Å²) < 4.78 is 34.5. The lowest BCUT2D eigenvalue weighted by Crippen LogP contribution is -2.37. The summed E-state index contributed by atoms with van der Waals surface area (Å²) >= 11 is 0. The van der Waals surface area contributed by atoms with Crippen LogP contribution in [0.15, 0.2) is 71.8 Å². The fraction of sp³-hybridized carbons (Fsp3) is 0.240. The van der Waals surface area contributed by atoms with Crippen LogP contribution in [0.3, 0.4) is 0 Å². The number of nitrogens with zero attached hydrogens (tertiary/aromatic N) is 3. The van der Waals surface area contributed by atoms with Crippen molar-refractivity contribution in [2.75, 3.05) is 18.4 Å². The molecule has 10 nitrogen and oxygen atoms in total. The summed E-state index contributed by atoms with van der Waals surface area (Å²) in [6.45, 7) is 5.34. The second-order valence-electron chi connectivity index (χ2n) is 9.20. The molecule has 0 fully saturated rings. The minimum absolute atomic E-state index is 0.0135. The molecule has 2 heterocycles. The summed E-state index contributed by atoms with van der Waals surface area (Å²) in [5, 5.41) is 10.1. The highest BCUT2D eigenvalue weighted by Crippen LogP contribution is 2.24. The third-order valence-electron chi connectivity index (χ3n) is 5.09. The van der Waals surface area contributed by atoms with E-state index in [1.807, 2.05) is 36.4 Å². The summed E-state index contributed by atoms with van der Waals surface area (Å²) in [5.74, 6) is 0.613. The van der Waals surface area contributed by atoms with Crippen LogP contribution in [0.1, 0.15) is 20.8 Å². The molecule has 1 amide bonds. The van der Waals surface area contributed by atoms with Gasteiger partial charge in [-0.25, -0.2) is 22.9 Å². The molecule has 4 aromatic rings. The van der Waals surface area contributed by atoms with Crippen molar-refractivity contribution in [2.24, 2.45) is 0 Å². The molecule has 0 spiro atoms. The summed E-state index contributed by atoms with van der Waals surface area (Å²) in [6, 6.07) is 17.8. The van der Waals surface area contributed by atoms with Crippen LogP contribution < -0.4 is 20.8 Å². The van der Waals surface area contributed by atoms with E-state index in [9.17, 15) is 13.2 Å². The number of hydrogen-bond donors (Lipinski definition) is 3. The lowest BCUT2D eigenvalue weighted by molar-refractivity contribution is 0.0529. The number of amides is 1. The van der Waals surface area contributed by atoms with Gasteiger partial charge in [0.15, 0.2) is 5.65 Å². The van der Waals surface area contributed by atoms with E-state index in [0.717, 1.165) is 5.56 Å². The van der Waals surface area contributed by atoms with E-state index in [0.29, 0.717) is 28.3 Å². The predicted octanol–water partition coefficient (Wildman–Crippen LogP) is 2.74. The van der Waals surface area contributed by atoms with Crippen molar-refractivity contribution in [3.63, 3.8) is 0 Å². The molecule has 12 heteroatoms. The number of anilines is 2. The van der Waals surface area contributed by atoms with E-state index in [1.54, 1.807) is 37.4 Å². The summed E-state index contributed by atoms with van der Waals surface area (Å²) in [4.78, 5) is 16.4. The van der Waals surface area contributed by atoms with Gasteiger partial charge in [0.2, 0.25) is 10.0 Å². The number of carbonyl (C=O) groups excluding carboxylic acids is 1. The topological polar surface area (TPSA) is 127 Å². The van der Waals surface area contributed by atoms with E-state index in [2.05, 4.69) is 25.4 Å². The minimum Gasteiger partial charge on any atom is -0.444 e. The van der Waals surface area contributed by atoms with Crippen molar-refractivity contribution in [3.8, 4) is 11.3 Å². The van der Waals surface area contributed by atoms with Gasteiger partial charge >= 0.3 is 6.09 Å². The molecule has 0 aliphatic rings. The Morgan fingerprint density at radius 3 is 2.43 bits per heavy atom. The third-order valence-corrected chi connectivity index (χ3v) is 6.57. The van der Waals surface area contributed by atoms with Crippen LogP contribution in [-0.2, 0) is 14.8 Å². The molecule has 2 aromatic heterocycles. The fourth-order valence-corrected chi connectivity index (χ4v) is 4.47. The molecule has 0 saturated heterocycles. The van der Waals surface area contributed by atoms with E-state index < -0.39 is 21.7 Å². The fourth-order valence-electron chi connectivity index (χ4n) is 3.44. The molecule has 37 heavy (non-hydrogen) atoms. The zero-order chi connectivity index (χ0) is 26.6. The van der Waals surface area contributed by atoms with Gasteiger partial charge in [0.05, 0.1) is 10.6 Å². The van der Waals surface area contributed by atoms with Gasteiger partial charge in [0.25, 0.3) is 0 Å². The first-order valence-electron chi connectivity index (χ1n) is 11.6. The largest absolute Gasteiger partial charge is 0.444 e. The molecule has 4 rings (SSSR count). The number of aromatic nitrogens is 3. The molecule has 3 N–H and O–H groups in total. The highest BCUT2D eigenvalue weighted by Gasteiger charge is 2.17. The normalized spacial score (nSPS) is 11.9. The van der Waals surface area contributed by atoms with Crippen molar-refractivity contribution in [3.05, 3.63) is 66.9 Å². The Morgan fingerprint density at radius 1 is 1.05 bits per heavy atom. The van der Waals surface area contributed by atoms with Crippen LogP contribution in [0.2, 0.25) is 0 Å². The van der Waals surface area contributed by atoms with Gasteiger partial charge in [-0.3, -0.25) is 0 Å². The van der Waals surface area contributed by atoms with Crippen LogP contribution in [0, 0.1) is 0 Å². The van der Waals surface area contributed by atoms with Gasteiger partial charge < -0.3 is 15.4 Å². The second-order valence-corrected chi connectivity index (χ2v) is 11.0. The Hall–Kier alpha value is -3.90. The molecule has 0 aliphatic carbocycles. The number of rotatable bonds is 8. The monoisotopic (exact) mass is 518 g/mol. The van der Waals surface area contributed by atoms with Crippen molar-refractivity contribution >= 4 is 46.6 Å². The highest BCUT2D eigenvalue weighted by molar-refractivity contribution is 7.89. The molecule has 2 radical (unpaired) electrons. The molecular weight excluding hydrogens is 491 g/mol. The van der Waals surface area contributed by atoms with Crippen LogP contribution >= 0.6 is 0 Å². The van der Waals surface area contributed by atoms with Crippen LogP contribution in [-0.4, -0.2) is 55.6 Å². The maximum Gasteiger partial charge on any atom is 0.407 e. The number of carbonyl (C=O) groups is 1. The Morgan fingerprint density at radius 2 is 1.76 bits per heavy atom. The number of alkyl carbamates (subject to hydrolysis) is 1. The smallest absolute Gasteiger partial charge is 0.407 e. The molecule has 0 unspecified atom stereocenters. The summed E-state index contributed by atoms with van der Waals surface area (Å²) in [7, 11) is 2.30. The number of nitrogens with one attached hydrogen (secondary N) is 3. The zero-order valence-corrected chi connectivity index (χ0v) is 21.5. The number of benzene rings is 2. The molecule has 190 valence electrons. The lowest BCUT2D eigenvalue weighted by Gasteiger charge is -2.19. The van der Waals surface area contributed by atoms with Gasteiger partial charge in [0.1, 0.15) is 19.3 Å². The Labute approximate surface area is 216 Å². The zero-order valence-electron chi connectivity index (χ0n) is 20.7. The van der Waals surface area contributed by atoms with E-state index in [1.165, 1.54) is 18.3 Å². The SMILES string of the molecule is [B]c1cnn2c(Nc3ccc(S(=O)(=O)NCCNC(=O)OC(C)(C)C)cc3)cc(-c3ccccc3)nc12. The Bertz CT molecular complexity index is 1500. The first kappa shape index (κ1) is 26.2. The maximum atomic E-state index is 12.6. The molecule has 0 bridgehead atoms. The number of fused-ring (bicyclic) bond motifs is 1. The Balaban J connectivity index is 1.45. The Kier molecular flexibility index (Phi) is 7.51. The van der Waals surface area contributed by atoms with Crippen molar-refractivity contribution < 1.29 is 17.9 Å². The molecule has 2 aromatic carbocycles. The molecule has 0 atom stereocenters. The molecular formula is C25H27BN6O4S. The highest BCUT2D eigenvalue weighted by atomic mass is 32.2. The minimum atomic E-state index is -3.77. The van der Waals surface area contributed by atoms with Crippen molar-refractivity contribution in [1.29, 1.82) is 0 Å². The van der Waals surface area contributed by atoms with Crippen LogP contribution in [0.5, 0.6) is 0 Å². The average molecular weight is 518 g/mol. The first-order valence-corrected chi connectivity index (χ1v) is 13.0. The summed E-state index contributed by atoms with van der Waals surface area (Å²) in [6.07, 6.45) is 0.920. The molecule has 0 saturated carbocycles. The van der Waals surface area contributed by atoms with Gasteiger partial charge in [-0.1, -0.05) is 30.3 Å². The standard InChI is InChI=1S/C25H27BN6O4S/c1-25(2,3)36-24(33)27-13-14-29-37(34,35)19-11-9-18(10-12-19)30-22-15-21(17-7-5-4-6-8-17)31-23-20(26)16-28-32(22)23/h4-12,15-16,29-30H,13-14H2,1-3H3,(H,27,33). The average Bonchev–Trinajstić information content (AvgIpc) is 3.22. The maximum absolute atomic E-state index is 12.6. The quantitative estimate of drug-likeness (QED) is 0.242. The first-order chi connectivity index (χ1) is 17.5. The van der Waals surface area contributed by atoms with Gasteiger partial charge in [0, 0.05) is 36.6 Å². The molecule has 0 aliphatic heterocycles. The van der Waals surface area contributed by atoms with Crippen LogP contribution in [0.25, 0.3) is 16.9 Å².